The second-order valence-corrected chi connectivity index (χ2v) is 4.28. The first kappa shape index (κ1) is 12.4. The molecule has 0 radical (unpaired) electrons. The zero-order chi connectivity index (χ0) is 13.1. The second kappa shape index (κ2) is 5.08. The summed E-state index contributed by atoms with van der Waals surface area (Å²) in [5, 5.41) is 12.7. The topological polar surface area (TPSA) is 78.3 Å². The van der Waals surface area contributed by atoms with Crippen LogP contribution in [0.3, 0.4) is 0 Å². The van der Waals surface area contributed by atoms with Gasteiger partial charge in [-0.05, 0) is 42.4 Å². The van der Waals surface area contributed by atoms with Gasteiger partial charge in [-0.15, -0.1) is 0 Å². The molecule has 4 nitrogen and oxygen atoms in total. The number of nitrogens with zero attached hydrogens (tertiary/aromatic N) is 1. The van der Waals surface area contributed by atoms with Crippen molar-refractivity contribution in [3.8, 4) is 0 Å². The van der Waals surface area contributed by atoms with Crippen LogP contribution in [0.15, 0.2) is 48.5 Å². The van der Waals surface area contributed by atoms with Gasteiger partial charge in [0.15, 0.2) is 0 Å². The number of nitrogens with two attached hydrogens (primary N) is 2. The minimum Gasteiger partial charge on any atom is -0.785 e. The van der Waals surface area contributed by atoms with Crippen molar-refractivity contribution in [3.63, 3.8) is 0 Å². The molecule has 0 atom stereocenters. The molecule has 0 aromatic heterocycles. The highest BCUT2D eigenvalue weighted by atomic mass is 16.5. The first-order valence-corrected chi connectivity index (χ1v) is 5.69. The third kappa shape index (κ3) is 2.61. The van der Waals surface area contributed by atoms with E-state index < -0.39 is 0 Å². The minimum atomic E-state index is -0.341. The van der Waals surface area contributed by atoms with Crippen molar-refractivity contribution in [3.05, 3.63) is 64.9 Å². The molecule has 2 aromatic carbocycles. The lowest BCUT2D eigenvalue weighted by Crippen LogP contribution is -2.19. The Morgan fingerprint density at radius 1 is 0.833 bits per heavy atom. The van der Waals surface area contributed by atoms with Gasteiger partial charge < -0.3 is 21.7 Å². The summed E-state index contributed by atoms with van der Waals surface area (Å²) in [6.45, 7) is 0. The van der Waals surface area contributed by atoms with Gasteiger partial charge in [0.05, 0.1) is 0 Å². The van der Waals surface area contributed by atoms with Crippen LogP contribution >= 0.6 is 0 Å². The van der Waals surface area contributed by atoms with Crippen molar-refractivity contribution in [2.24, 2.45) is 0 Å². The molecule has 4 N–H and O–H groups in total. The fourth-order valence-electron chi connectivity index (χ4n) is 1.97. The summed E-state index contributed by atoms with van der Waals surface area (Å²) in [5.41, 5.74) is 14.5. The lowest BCUT2D eigenvalue weighted by atomic mass is 9.98. The van der Waals surface area contributed by atoms with E-state index in [1.54, 1.807) is 24.3 Å². The summed E-state index contributed by atoms with van der Waals surface area (Å²) < 4.78 is 0. The SMILES string of the molecule is CN([O-])C(c1ccc(N)cc1)c1ccc(N)cc1. The maximum atomic E-state index is 11.8. The van der Waals surface area contributed by atoms with Gasteiger partial charge in [0.2, 0.25) is 0 Å². The average molecular weight is 242 g/mol. The second-order valence-electron chi connectivity index (χ2n) is 4.28. The first-order chi connectivity index (χ1) is 8.58. The fourth-order valence-corrected chi connectivity index (χ4v) is 1.97. The first-order valence-electron chi connectivity index (χ1n) is 5.69. The molecule has 0 fully saturated rings. The van der Waals surface area contributed by atoms with E-state index in [4.69, 9.17) is 11.5 Å². The minimum absolute atomic E-state index is 0.341. The molecular weight excluding hydrogens is 226 g/mol. The van der Waals surface area contributed by atoms with Gasteiger partial charge in [-0.2, -0.15) is 0 Å². The fraction of sp³-hybridized carbons (Fsp3) is 0.143. The molecule has 0 saturated heterocycles. The molecule has 0 aliphatic rings. The van der Waals surface area contributed by atoms with E-state index in [2.05, 4.69) is 0 Å². The van der Waals surface area contributed by atoms with Crippen LogP contribution in [0, 0.1) is 5.21 Å². The third-order valence-electron chi connectivity index (χ3n) is 2.87. The molecule has 0 aliphatic carbocycles. The predicted octanol–water partition coefficient (Wildman–Crippen LogP) is 2.37. The molecule has 0 saturated carbocycles. The summed E-state index contributed by atoms with van der Waals surface area (Å²) in [7, 11) is 1.51. The van der Waals surface area contributed by atoms with Crippen LogP contribution in [0.4, 0.5) is 11.4 Å². The largest absolute Gasteiger partial charge is 0.785 e. The lowest BCUT2D eigenvalue weighted by Gasteiger charge is -2.34. The molecule has 18 heavy (non-hydrogen) atoms. The number of anilines is 2. The summed E-state index contributed by atoms with van der Waals surface area (Å²) in [6.07, 6.45) is 0. The van der Waals surface area contributed by atoms with Crippen molar-refractivity contribution >= 4 is 11.4 Å². The van der Waals surface area contributed by atoms with Crippen molar-refractivity contribution in [2.45, 2.75) is 6.04 Å². The van der Waals surface area contributed by atoms with Crippen LogP contribution in [0.2, 0.25) is 0 Å². The van der Waals surface area contributed by atoms with E-state index >= 15 is 0 Å². The molecule has 94 valence electrons. The average Bonchev–Trinajstić information content (AvgIpc) is 2.34. The van der Waals surface area contributed by atoms with Gasteiger partial charge in [0.25, 0.3) is 0 Å². The molecule has 0 aliphatic heterocycles. The predicted molar refractivity (Wildman–Crippen MR) is 74.7 cm³/mol. The number of hydrogen-bond acceptors (Lipinski definition) is 4. The molecule has 0 unspecified atom stereocenters. The molecule has 0 bridgehead atoms. The van der Waals surface area contributed by atoms with E-state index in [9.17, 15) is 5.21 Å². The Hall–Kier alpha value is -2.04. The number of benzene rings is 2. The van der Waals surface area contributed by atoms with Crippen LogP contribution in [0.5, 0.6) is 0 Å². The molecule has 2 rings (SSSR count). The van der Waals surface area contributed by atoms with Gasteiger partial charge >= 0.3 is 0 Å². The maximum Gasteiger partial charge on any atom is 0.0486 e. The van der Waals surface area contributed by atoms with E-state index in [1.165, 1.54) is 7.05 Å². The maximum absolute atomic E-state index is 11.8. The van der Waals surface area contributed by atoms with E-state index in [0.29, 0.717) is 11.4 Å². The highest BCUT2D eigenvalue weighted by Gasteiger charge is 2.13. The molecule has 0 heterocycles. The van der Waals surface area contributed by atoms with Crippen LogP contribution in [0.25, 0.3) is 0 Å². The highest BCUT2D eigenvalue weighted by Crippen LogP contribution is 2.28. The van der Waals surface area contributed by atoms with Gasteiger partial charge in [0, 0.05) is 17.4 Å². The van der Waals surface area contributed by atoms with Crippen molar-refractivity contribution in [1.29, 1.82) is 0 Å². The molecule has 0 spiro atoms. The van der Waals surface area contributed by atoms with Gasteiger partial charge in [-0.1, -0.05) is 24.3 Å². The van der Waals surface area contributed by atoms with Crippen LogP contribution < -0.4 is 11.5 Å². The summed E-state index contributed by atoms with van der Waals surface area (Å²) in [5.74, 6) is 0. The lowest BCUT2D eigenvalue weighted by molar-refractivity contribution is 0.386. The Morgan fingerprint density at radius 3 is 1.44 bits per heavy atom. The zero-order valence-electron chi connectivity index (χ0n) is 10.2. The van der Waals surface area contributed by atoms with E-state index in [0.717, 1.165) is 16.2 Å². The normalized spacial score (nSPS) is 11.1. The van der Waals surface area contributed by atoms with Gasteiger partial charge in [-0.25, -0.2) is 0 Å². The van der Waals surface area contributed by atoms with Crippen LogP contribution in [-0.2, 0) is 0 Å². The van der Waals surface area contributed by atoms with E-state index in [-0.39, 0.29) is 6.04 Å². The number of rotatable bonds is 3. The van der Waals surface area contributed by atoms with Crippen LogP contribution in [0.1, 0.15) is 17.2 Å². The summed E-state index contributed by atoms with van der Waals surface area (Å²) in [6, 6.07) is 14.3. The Morgan fingerprint density at radius 2 is 1.17 bits per heavy atom. The monoisotopic (exact) mass is 242 g/mol. The Labute approximate surface area is 106 Å². The van der Waals surface area contributed by atoms with Crippen molar-refractivity contribution < 1.29 is 0 Å². The Bertz CT molecular complexity index is 460. The van der Waals surface area contributed by atoms with Gasteiger partial charge in [-0.3, -0.25) is 0 Å². The highest BCUT2D eigenvalue weighted by molar-refractivity contribution is 5.45. The smallest absolute Gasteiger partial charge is 0.0486 e. The number of hydrogen-bond donors (Lipinski definition) is 2. The summed E-state index contributed by atoms with van der Waals surface area (Å²) >= 11 is 0. The van der Waals surface area contributed by atoms with E-state index in [1.807, 2.05) is 24.3 Å². The molecule has 2 aromatic rings. The Balaban J connectivity index is 2.39. The zero-order valence-corrected chi connectivity index (χ0v) is 10.2. The van der Waals surface area contributed by atoms with Crippen LogP contribution in [-0.4, -0.2) is 12.1 Å². The van der Waals surface area contributed by atoms with Crippen molar-refractivity contribution in [2.75, 3.05) is 18.5 Å². The standard InChI is InChI=1S/C14H16N3O/c1-17(18)14(10-2-6-12(15)7-3-10)11-4-8-13(16)9-5-11/h2-9,14H,15-16H2,1H3/q-1. The quantitative estimate of drug-likeness (QED) is 0.639. The molecule has 4 heteroatoms. The van der Waals surface area contributed by atoms with Crippen molar-refractivity contribution in [1.82, 2.24) is 5.06 Å². The number of nitrogen functional groups attached to an aromatic ring is 2. The summed E-state index contributed by atoms with van der Waals surface area (Å²) in [4.78, 5) is 0. The Kier molecular flexibility index (Phi) is 3.50. The third-order valence-corrected chi connectivity index (χ3v) is 2.87. The molecular formula is C14H16N3O-. The number of hydroxylamine groups is 2. The van der Waals surface area contributed by atoms with Gasteiger partial charge in [0.1, 0.15) is 0 Å². The molecule has 0 amide bonds.